The van der Waals surface area contributed by atoms with Crippen LogP contribution in [0.15, 0.2) is 23.1 Å². The summed E-state index contributed by atoms with van der Waals surface area (Å²) in [4.78, 5) is 1.13. The first-order valence-electron chi connectivity index (χ1n) is 3.80. The number of thioether (sulfide) groups is 1. The molecular formula is C9H12ClNS. The Balaban J connectivity index is 2.85. The fraction of sp³-hybridized carbons (Fsp3) is 0.333. The fourth-order valence-electron chi connectivity index (χ4n) is 0.925. The van der Waals surface area contributed by atoms with Crippen molar-refractivity contribution in [3.63, 3.8) is 0 Å². The molecule has 1 nitrogen and oxygen atoms in total. The maximum atomic E-state index is 5.84. The minimum Gasteiger partial charge on any atom is -0.399 e. The topological polar surface area (TPSA) is 26.0 Å². The van der Waals surface area contributed by atoms with Gasteiger partial charge in [-0.15, -0.1) is 11.8 Å². The molecule has 66 valence electrons. The van der Waals surface area contributed by atoms with Crippen LogP contribution < -0.4 is 5.73 Å². The molecule has 0 fully saturated rings. The maximum Gasteiger partial charge on any atom is 0.0437 e. The summed E-state index contributed by atoms with van der Waals surface area (Å²) >= 11 is 7.60. The van der Waals surface area contributed by atoms with Crippen LogP contribution in [0.2, 0.25) is 5.02 Å². The largest absolute Gasteiger partial charge is 0.399 e. The monoisotopic (exact) mass is 201 g/mol. The highest BCUT2D eigenvalue weighted by Gasteiger charge is 2.00. The number of hydrogen-bond acceptors (Lipinski definition) is 2. The minimum absolute atomic E-state index is 0.558. The molecule has 0 amide bonds. The Labute approximate surface area is 82.3 Å². The van der Waals surface area contributed by atoms with Gasteiger partial charge in [-0.3, -0.25) is 0 Å². The third-order valence-electron chi connectivity index (χ3n) is 1.27. The third-order valence-corrected chi connectivity index (χ3v) is 2.46. The SMILES string of the molecule is CC(C)Sc1cc(N)cc(Cl)c1. The first-order valence-corrected chi connectivity index (χ1v) is 5.06. The molecule has 1 rings (SSSR count). The summed E-state index contributed by atoms with van der Waals surface area (Å²) in [6.45, 7) is 4.28. The Bertz CT molecular complexity index is 253. The van der Waals surface area contributed by atoms with Gasteiger partial charge in [0.05, 0.1) is 0 Å². The number of nitrogens with two attached hydrogens (primary N) is 1. The number of benzene rings is 1. The number of nitrogen functional groups attached to an aromatic ring is 1. The zero-order valence-corrected chi connectivity index (χ0v) is 8.75. The molecule has 0 radical (unpaired) electrons. The van der Waals surface area contributed by atoms with Crippen molar-refractivity contribution in [2.45, 2.75) is 24.0 Å². The van der Waals surface area contributed by atoms with E-state index in [0.717, 1.165) is 10.6 Å². The van der Waals surface area contributed by atoms with Crippen molar-refractivity contribution in [3.8, 4) is 0 Å². The number of hydrogen-bond donors (Lipinski definition) is 1. The molecule has 0 aliphatic heterocycles. The molecule has 0 saturated carbocycles. The first kappa shape index (κ1) is 9.75. The van der Waals surface area contributed by atoms with E-state index in [1.807, 2.05) is 12.1 Å². The van der Waals surface area contributed by atoms with Crippen LogP contribution in [0.5, 0.6) is 0 Å². The van der Waals surface area contributed by atoms with Crippen LogP contribution in [0.3, 0.4) is 0 Å². The molecule has 12 heavy (non-hydrogen) atoms. The van der Waals surface area contributed by atoms with Gasteiger partial charge in [0.2, 0.25) is 0 Å². The van der Waals surface area contributed by atoms with E-state index >= 15 is 0 Å². The normalized spacial score (nSPS) is 10.7. The van der Waals surface area contributed by atoms with Crippen molar-refractivity contribution >= 4 is 29.1 Å². The second-order valence-corrected chi connectivity index (χ2v) is 4.97. The molecule has 0 bridgehead atoms. The van der Waals surface area contributed by atoms with Gasteiger partial charge in [-0.1, -0.05) is 25.4 Å². The molecule has 0 spiro atoms. The van der Waals surface area contributed by atoms with Crippen LogP contribution in [0.4, 0.5) is 5.69 Å². The van der Waals surface area contributed by atoms with E-state index in [0.29, 0.717) is 10.3 Å². The summed E-state index contributed by atoms with van der Waals surface area (Å²) in [5, 5.41) is 1.26. The summed E-state index contributed by atoms with van der Waals surface area (Å²) in [7, 11) is 0. The molecule has 2 N–H and O–H groups in total. The van der Waals surface area contributed by atoms with E-state index in [1.54, 1.807) is 17.8 Å². The van der Waals surface area contributed by atoms with Crippen LogP contribution in [-0.2, 0) is 0 Å². The Morgan fingerprint density at radius 3 is 2.50 bits per heavy atom. The smallest absolute Gasteiger partial charge is 0.0437 e. The predicted octanol–water partition coefficient (Wildman–Crippen LogP) is 3.42. The van der Waals surface area contributed by atoms with E-state index in [4.69, 9.17) is 17.3 Å². The molecule has 0 unspecified atom stereocenters. The quantitative estimate of drug-likeness (QED) is 0.586. The summed E-state index contributed by atoms with van der Waals surface area (Å²) < 4.78 is 0. The Hall–Kier alpha value is -0.340. The van der Waals surface area contributed by atoms with Crippen LogP contribution in [0, 0.1) is 0 Å². The van der Waals surface area contributed by atoms with Crippen LogP contribution in [0.1, 0.15) is 13.8 Å². The molecule has 0 aromatic heterocycles. The van der Waals surface area contributed by atoms with E-state index in [1.165, 1.54) is 0 Å². The first-order chi connectivity index (χ1) is 5.58. The summed E-state index contributed by atoms with van der Waals surface area (Å²) in [5.41, 5.74) is 6.36. The highest BCUT2D eigenvalue weighted by Crippen LogP contribution is 2.27. The van der Waals surface area contributed by atoms with Crippen molar-refractivity contribution in [3.05, 3.63) is 23.2 Å². The molecular weight excluding hydrogens is 190 g/mol. The van der Waals surface area contributed by atoms with Crippen LogP contribution in [-0.4, -0.2) is 5.25 Å². The van der Waals surface area contributed by atoms with E-state index in [2.05, 4.69) is 13.8 Å². The van der Waals surface area contributed by atoms with Gasteiger partial charge < -0.3 is 5.73 Å². The van der Waals surface area contributed by atoms with Gasteiger partial charge in [0, 0.05) is 20.9 Å². The fourth-order valence-corrected chi connectivity index (χ4v) is 2.18. The average Bonchev–Trinajstić information content (AvgIpc) is 1.81. The number of anilines is 1. The van der Waals surface area contributed by atoms with Crippen LogP contribution in [0.25, 0.3) is 0 Å². The van der Waals surface area contributed by atoms with Crippen molar-refractivity contribution in [2.24, 2.45) is 0 Å². The lowest BCUT2D eigenvalue weighted by Gasteiger charge is -2.05. The van der Waals surface area contributed by atoms with Crippen molar-refractivity contribution < 1.29 is 0 Å². The second kappa shape index (κ2) is 4.06. The van der Waals surface area contributed by atoms with E-state index < -0.39 is 0 Å². The summed E-state index contributed by atoms with van der Waals surface area (Å²) in [6.07, 6.45) is 0. The highest BCUT2D eigenvalue weighted by atomic mass is 35.5. The minimum atomic E-state index is 0.558. The van der Waals surface area contributed by atoms with Crippen LogP contribution >= 0.6 is 23.4 Å². The summed E-state index contributed by atoms with van der Waals surface area (Å²) in [5.74, 6) is 0. The molecule has 0 aliphatic rings. The van der Waals surface area contributed by atoms with Gasteiger partial charge in [-0.25, -0.2) is 0 Å². The molecule has 1 aromatic rings. The van der Waals surface area contributed by atoms with Gasteiger partial charge in [0.1, 0.15) is 0 Å². The van der Waals surface area contributed by atoms with Gasteiger partial charge in [-0.05, 0) is 18.2 Å². The lowest BCUT2D eigenvalue weighted by Crippen LogP contribution is -1.88. The van der Waals surface area contributed by atoms with Crippen molar-refractivity contribution in [1.82, 2.24) is 0 Å². The van der Waals surface area contributed by atoms with Gasteiger partial charge in [0.25, 0.3) is 0 Å². The average molecular weight is 202 g/mol. The number of halogens is 1. The van der Waals surface area contributed by atoms with E-state index in [9.17, 15) is 0 Å². The van der Waals surface area contributed by atoms with Crippen molar-refractivity contribution in [2.75, 3.05) is 5.73 Å². The number of rotatable bonds is 2. The van der Waals surface area contributed by atoms with Gasteiger partial charge >= 0.3 is 0 Å². The molecule has 3 heteroatoms. The second-order valence-electron chi connectivity index (χ2n) is 2.89. The zero-order valence-electron chi connectivity index (χ0n) is 7.17. The van der Waals surface area contributed by atoms with Gasteiger partial charge in [-0.2, -0.15) is 0 Å². The molecule has 1 aromatic carbocycles. The van der Waals surface area contributed by atoms with Crippen molar-refractivity contribution in [1.29, 1.82) is 0 Å². The lowest BCUT2D eigenvalue weighted by molar-refractivity contribution is 1.11. The molecule has 0 heterocycles. The third kappa shape index (κ3) is 2.95. The zero-order chi connectivity index (χ0) is 9.14. The molecule has 0 aliphatic carbocycles. The predicted molar refractivity (Wildman–Crippen MR) is 56.9 cm³/mol. The maximum absolute atomic E-state index is 5.84. The molecule has 0 saturated heterocycles. The lowest BCUT2D eigenvalue weighted by atomic mass is 10.3. The molecule has 0 atom stereocenters. The summed E-state index contributed by atoms with van der Waals surface area (Å²) in [6, 6.07) is 5.63. The Morgan fingerprint density at radius 2 is 2.00 bits per heavy atom. The van der Waals surface area contributed by atoms with E-state index in [-0.39, 0.29) is 0 Å². The Morgan fingerprint density at radius 1 is 1.33 bits per heavy atom. The Kier molecular flexibility index (Phi) is 3.29. The van der Waals surface area contributed by atoms with Gasteiger partial charge in [0.15, 0.2) is 0 Å². The standard InChI is InChI=1S/C9H12ClNS/c1-6(2)12-9-4-7(10)3-8(11)5-9/h3-6H,11H2,1-2H3. The highest BCUT2D eigenvalue weighted by molar-refractivity contribution is 7.99.